The van der Waals surface area contributed by atoms with Crippen molar-refractivity contribution in [3.63, 3.8) is 0 Å². The van der Waals surface area contributed by atoms with E-state index >= 15 is 0 Å². The lowest BCUT2D eigenvalue weighted by atomic mass is 9.75. The molecule has 0 unspecified atom stereocenters. The number of ketones is 1. The van der Waals surface area contributed by atoms with Gasteiger partial charge in [-0.2, -0.15) is 0 Å². The second-order valence-electron chi connectivity index (χ2n) is 5.55. The minimum absolute atomic E-state index is 0.365. The van der Waals surface area contributed by atoms with Gasteiger partial charge in [-0.15, -0.1) is 0 Å². The molecule has 0 heterocycles. The summed E-state index contributed by atoms with van der Waals surface area (Å²) in [4.78, 5) is 12.0. The van der Waals surface area contributed by atoms with Crippen LogP contribution in [0.3, 0.4) is 0 Å². The van der Waals surface area contributed by atoms with Crippen molar-refractivity contribution in [1.29, 1.82) is 0 Å². The van der Waals surface area contributed by atoms with Gasteiger partial charge < -0.3 is 0 Å². The Kier molecular flexibility index (Phi) is 2.99. The van der Waals surface area contributed by atoms with E-state index in [1.54, 1.807) is 0 Å². The van der Waals surface area contributed by atoms with E-state index in [4.69, 9.17) is 0 Å². The van der Waals surface area contributed by atoms with Crippen LogP contribution >= 0.6 is 0 Å². The second-order valence-corrected chi connectivity index (χ2v) is 5.55. The summed E-state index contributed by atoms with van der Waals surface area (Å²) in [5.41, 5.74) is 1.30. The van der Waals surface area contributed by atoms with Gasteiger partial charge in [0.15, 0.2) is 0 Å². The summed E-state index contributed by atoms with van der Waals surface area (Å²) in [5, 5.41) is 0. The van der Waals surface area contributed by atoms with Gasteiger partial charge in [0.1, 0.15) is 5.78 Å². The van der Waals surface area contributed by atoms with E-state index in [1.165, 1.54) is 18.4 Å². The second kappa shape index (κ2) is 4.11. The van der Waals surface area contributed by atoms with Crippen molar-refractivity contribution in [1.82, 2.24) is 0 Å². The Morgan fingerprint density at radius 2 is 2.07 bits per heavy atom. The smallest absolute Gasteiger partial charge is 0.136 e. The normalized spacial score (nSPS) is 41.1. The molecule has 2 rings (SSSR count). The molecule has 0 bridgehead atoms. The van der Waals surface area contributed by atoms with E-state index in [9.17, 15) is 4.79 Å². The summed E-state index contributed by atoms with van der Waals surface area (Å²) < 4.78 is 0. The molecule has 0 amide bonds. The molecule has 2 fully saturated rings. The van der Waals surface area contributed by atoms with E-state index in [2.05, 4.69) is 20.4 Å². The lowest BCUT2D eigenvalue weighted by Crippen LogP contribution is -2.26. The van der Waals surface area contributed by atoms with Gasteiger partial charge >= 0.3 is 0 Å². The van der Waals surface area contributed by atoms with E-state index in [-0.39, 0.29) is 0 Å². The lowest BCUT2D eigenvalue weighted by molar-refractivity contribution is -0.123. The molecule has 0 saturated heterocycles. The summed E-state index contributed by atoms with van der Waals surface area (Å²) in [7, 11) is 0. The molecular formula is C14H22O. The summed E-state index contributed by atoms with van der Waals surface area (Å²) in [6.07, 6.45) is 5.46. The number of hydrogen-bond donors (Lipinski definition) is 0. The summed E-state index contributed by atoms with van der Waals surface area (Å²) in [6, 6.07) is 0. The van der Waals surface area contributed by atoms with Gasteiger partial charge in [0.25, 0.3) is 0 Å². The van der Waals surface area contributed by atoms with Crippen molar-refractivity contribution in [2.24, 2.45) is 23.7 Å². The van der Waals surface area contributed by atoms with Crippen LogP contribution in [0.15, 0.2) is 12.2 Å². The summed E-state index contributed by atoms with van der Waals surface area (Å²) >= 11 is 0. The Hall–Kier alpha value is -0.590. The predicted molar refractivity (Wildman–Crippen MR) is 62.5 cm³/mol. The van der Waals surface area contributed by atoms with Gasteiger partial charge in [-0.1, -0.05) is 19.1 Å². The molecule has 2 saturated carbocycles. The number of allylic oxidation sites excluding steroid dienone is 1. The Morgan fingerprint density at radius 1 is 1.33 bits per heavy atom. The van der Waals surface area contributed by atoms with Gasteiger partial charge in [-0.05, 0) is 50.4 Å². The first kappa shape index (κ1) is 10.9. The Balaban J connectivity index is 2.26. The zero-order chi connectivity index (χ0) is 11.0. The van der Waals surface area contributed by atoms with Crippen LogP contribution in [0.5, 0.6) is 0 Å². The predicted octanol–water partition coefficient (Wildman–Crippen LogP) is 3.59. The van der Waals surface area contributed by atoms with Crippen LogP contribution in [0.4, 0.5) is 0 Å². The highest BCUT2D eigenvalue weighted by atomic mass is 16.1. The first-order valence-electron chi connectivity index (χ1n) is 6.29. The SMILES string of the molecule is C=C(C)[C@@H]1CCCC(=O)[C@@H]2CC[C@@H](C)[C@@H]12. The van der Waals surface area contributed by atoms with Crippen LogP contribution in [0.2, 0.25) is 0 Å². The molecule has 0 spiro atoms. The lowest BCUT2D eigenvalue weighted by Gasteiger charge is -2.29. The van der Waals surface area contributed by atoms with Crippen molar-refractivity contribution in [2.45, 2.75) is 46.0 Å². The molecule has 0 aliphatic heterocycles. The topological polar surface area (TPSA) is 17.1 Å². The highest BCUT2D eigenvalue weighted by Crippen LogP contribution is 2.47. The first-order valence-corrected chi connectivity index (χ1v) is 6.29. The number of Topliss-reactive ketones (excluding diaryl/α,β-unsaturated/α-hetero) is 1. The minimum atomic E-state index is 0.365. The van der Waals surface area contributed by atoms with E-state index in [1.807, 2.05) is 0 Å². The fourth-order valence-corrected chi connectivity index (χ4v) is 3.73. The van der Waals surface area contributed by atoms with Crippen molar-refractivity contribution < 1.29 is 4.79 Å². The van der Waals surface area contributed by atoms with E-state index in [0.717, 1.165) is 25.2 Å². The quantitative estimate of drug-likeness (QED) is 0.599. The molecule has 0 radical (unpaired) electrons. The molecule has 2 aliphatic carbocycles. The Morgan fingerprint density at radius 3 is 2.73 bits per heavy atom. The number of hydrogen-bond acceptors (Lipinski definition) is 1. The zero-order valence-corrected chi connectivity index (χ0v) is 9.96. The first-order chi connectivity index (χ1) is 7.11. The van der Waals surface area contributed by atoms with E-state index in [0.29, 0.717) is 23.5 Å². The maximum absolute atomic E-state index is 12.0. The zero-order valence-electron chi connectivity index (χ0n) is 9.96. The average molecular weight is 206 g/mol. The van der Waals surface area contributed by atoms with Crippen LogP contribution < -0.4 is 0 Å². The van der Waals surface area contributed by atoms with Gasteiger partial charge in [0.2, 0.25) is 0 Å². The Bertz CT molecular complexity index is 279. The van der Waals surface area contributed by atoms with Gasteiger partial charge in [-0.3, -0.25) is 4.79 Å². The third-order valence-corrected chi connectivity index (χ3v) is 4.50. The third-order valence-electron chi connectivity index (χ3n) is 4.50. The maximum Gasteiger partial charge on any atom is 0.136 e. The number of rotatable bonds is 1. The average Bonchev–Trinajstić information content (AvgIpc) is 2.45. The maximum atomic E-state index is 12.0. The molecule has 1 heteroatoms. The number of carbonyl (C=O) groups is 1. The molecule has 0 N–H and O–H groups in total. The highest BCUT2D eigenvalue weighted by molar-refractivity contribution is 5.82. The molecule has 0 aromatic heterocycles. The summed E-state index contributed by atoms with van der Waals surface area (Å²) in [6.45, 7) is 8.59. The van der Waals surface area contributed by atoms with Crippen molar-refractivity contribution in [3.8, 4) is 0 Å². The van der Waals surface area contributed by atoms with Crippen LogP contribution in [-0.2, 0) is 4.79 Å². The van der Waals surface area contributed by atoms with Crippen molar-refractivity contribution in [3.05, 3.63) is 12.2 Å². The monoisotopic (exact) mass is 206 g/mol. The minimum Gasteiger partial charge on any atom is -0.299 e. The number of carbonyl (C=O) groups excluding carboxylic acids is 1. The van der Waals surface area contributed by atoms with E-state index < -0.39 is 0 Å². The molecule has 2 aliphatic rings. The fraction of sp³-hybridized carbons (Fsp3) is 0.786. The highest BCUT2D eigenvalue weighted by Gasteiger charge is 2.43. The molecule has 4 atom stereocenters. The number of fused-ring (bicyclic) bond motifs is 1. The van der Waals surface area contributed by atoms with Crippen molar-refractivity contribution in [2.75, 3.05) is 0 Å². The Labute approximate surface area is 92.9 Å². The third kappa shape index (κ3) is 1.89. The molecular weight excluding hydrogens is 184 g/mol. The summed E-state index contributed by atoms with van der Waals surface area (Å²) in [5.74, 6) is 2.84. The van der Waals surface area contributed by atoms with Crippen molar-refractivity contribution >= 4 is 5.78 Å². The largest absolute Gasteiger partial charge is 0.299 e. The van der Waals surface area contributed by atoms with Crippen LogP contribution in [0.1, 0.15) is 46.0 Å². The molecule has 0 aromatic carbocycles. The van der Waals surface area contributed by atoms with Gasteiger partial charge in [0, 0.05) is 12.3 Å². The molecule has 1 nitrogen and oxygen atoms in total. The van der Waals surface area contributed by atoms with Crippen LogP contribution in [0.25, 0.3) is 0 Å². The molecule has 15 heavy (non-hydrogen) atoms. The molecule has 0 aromatic rings. The van der Waals surface area contributed by atoms with Gasteiger partial charge in [-0.25, -0.2) is 0 Å². The van der Waals surface area contributed by atoms with Crippen LogP contribution in [0, 0.1) is 23.7 Å². The molecule has 84 valence electrons. The van der Waals surface area contributed by atoms with Crippen LogP contribution in [-0.4, -0.2) is 5.78 Å². The van der Waals surface area contributed by atoms with Gasteiger partial charge in [0.05, 0.1) is 0 Å². The fourth-order valence-electron chi connectivity index (χ4n) is 3.73. The standard InChI is InChI=1S/C14H22O/c1-9(2)11-5-4-6-13(15)12-8-7-10(3)14(11)12/h10-12,14H,1,4-8H2,2-3H3/t10-,11+,12+,14+/m1/s1.